The molecule has 1 unspecified atom stereocenters. The molecule has 1 atom stereocenters. The van der Waals surface area contributed by atoms with Crippen LogP contribution in [-0.4, -0.2) is 32.1 Å². The molecule has 0 N–H and O–H groups in total. The second-order valence-electron chi connectivity index (χ2n) is 4.47. The van der Waals surface area contributed by atoms with Crippen LogP contribution in [0.25, 0.3) is 0 Å². The van der Waals surface area contributed by atoms with Gasteiger partial charge in [-0.2, -0.15) is 10.5 Å². The lowest BCUT2D eigenvalue weighted by molar-refractivity contribution is -0.330. The highest BCUT2D eigenvalue weighted by atomic mass is 16.7. The summed E-state index contributed by atoms with van der Waals surface area (Å²) in [6, 6.07) is 3.81. The molecule has 1 heterocycles. The molecule has 1 spiro atoms. The molecule has 96 valence electrons. The number of carbonyl (C=O) groups excluding carboxylic acids is 1. The van der Waals surface area contributed by atoms with Crippen LogP contribution >= 0.6 is 0 Å². The summed E-state index contributed by atoms with van der Waals surface area (Å²) in [6.45, 7) is 0.859. The van der Waals surface area contributed by atoms with Crippen LogP contribution in [0.1, 0.15) is 19.3 Å². The molecule has 18 heavy (non-hydrogen) atoms. The van der Waals surface area contributed by atoms with E-state index >= 15 is 0 Å². The van der Waals surface area contributed by atoms with Gasteiger partial charge in [0, 0.05) is 6.42 Å². The van der Waals surface area contributed by atoms with Crippen LogP contribution in [0, 0.1) is 34.0 Å². The molecule has 1 aliphatic heterocycles. The van der Waals surface area contributed by atoms with Crippen LogP contribution in [0.4, 0.5) is 0 Å². The van der Waals surface area contributed by atoms with E-state index in [-0.39, 0.29) is 6.42 Å². The number of ether oxygens (including phenoxy) is 3. The Morgan fingerprint density at radius 2 is 1.83 bits per heavy atom. The Balaban J connectivity index is 2.32. The standard InChI is InChI=1S/C12H14N2O4/c1-16-10(15)9-6-12(11(9,7-13)8-14)17-4-2-3-5-18-12/h9H,2-6H2,1H3. The first kappa shape index (κ1) is 12.8. The van der Waals surface area contributed by atoms with Crippen LogP contribution in [0.2, 0.25) is 0 Å². The SMILES string of the molecule is COC(=O)C1CC2(OCCCCO2)C1(C#N)C#N. The number of hydrogen-bond acceptors (Lipinski definition) is 6. The topological polar surface area (TPSA) is 92.3 Å². The van der Waals surface area contributed by atoms with E-state index < -0.39 is 23.1 Å². The molecule has 0 aromatic carbocycles. The van der Waals surface area contributed by atoms with E-state index in [9.17, 15) is 15.3 Å². The summed E-state index contributed by atoms with van der Waals surface area (Å²) in [5.74, 6) is -2.65. The maximum Gasteiger partial charge on any atom is 0.311 e. The first-order valence-electron chi connectivity index (χ1n) is 5.84. The predicted octanol–water partition coefficient (Wildman–Crippen LogP) is 0.736. The van der Waals surface area contributed by atoms with E-state index in [1.54, 1.807) is 0 Å². The quantitative estimate of drug-likeness (QED) is 0.637. The van der Waals surface area contributed by atoms with Gasteiger partial charge >= 0.3 is 5.97 Å². The van der Waals surface area contributed by atoms with Crippen molar-refractivity contribution in [2.24, 2.45) is 11.3 Å². The number of methoxy groups -OCH3 is 1. The van der Waals surface area contributed by atoms with Crippen molar-refractivity contribution in [1.29, 1.82) is 10.5 Å². The second-order valence-corrected chi connectivity index (χ2v) is 4.47. The molecule has 1 saturated heterocycles. The van der Waals surface area contributed by atoms with Gasteiger partial charge in [-0.1, -0.05) is 0 Å². The van der Waals surface area contributed by atoms with Gasteiger partial charge in [0.05, 0.1) is 38.4 Å². The normalized spacial score (nSPS) is 28.3. The summed E-state index contributed by atoms with van der Waals surface area (Å²) in [7, 11) is 1.24. The maximum atomic E-state index is 11.6. The van der Waals surface area contributed by atoms with Crippen LogP contribution < -0.4 is 0 Å². The lowest BCUT2D eigenvalue weighted by Gasteiger charge is -2.53. The number of carbonyl (C=O) groups is 1. The maximum absolute atomic E-state index is 11.6. The van der Waals surface area contributed by atoms with E-state index in [2.05, 4.69) is 4.74 Å². The average molecular weight is 250 g/mol. The molecule has 0 radical (unpaired) electrons. The molecule has 1 saturated carbocycles. The summed E-state index contributed by atoms with van der Waals surface area (Å²) in [6.07, 6.45) is 1.83. The molecule has 1 aliphatic carbocycles. The zero-order valence-electron chi connectivity index (χ0n) is 10.1. The molecule has 2 fully saturated rings. The van der Waals surface area contributed by atoms with Crippen molar-refractivity contribution in [3.05, 3.63) is 0 Å². The molecular formula is C12H14N2O4. The van der Waals surface area contributed by atoms with Gasteiger partial charge < -0.3 is 14.2 Å². The lowest BCUT2D eigenvalue weighted by atomic mass is 9.56. The smallest absolute Gasteiger partial charge is 0.311 e. The minimum Gasteiger partial charge on any atom is -0.469 e. The Hall–Kier alpha value is -1.63. The lowest BCUT2D eigenvalue weighted by Crippen LogP contribution is -2.67. The molecule has 6 heteroatoms. The summed E-state index contributed by atoms with van der Waals surface area (Å²) in [4.78, 5) is 11.6. The molecular weight excluding hydrogens is 236 g/mol. The van der Waals surface area contributed by atoms with Crippen molar-refractivity contribution < 1.29 is 19.0 Å². The molecule has 0 aromatic heterocycles. The minimum absolute atomic E-state index is 0.195. The van der Waals surface area contributed by atoms with Crippen LogP contribution in [0.3, 0.4) is 0 Å². The fraction of sp³-hybridized carbons (Fsp3) is 0.750. The van der Waals surface area contributed by atoms with E-state index in [4.69, 9.17) is 9.47 Å². The molecule has 6 nitrogen and oxygen atoms in total. The fourth-order valence-electron chi connectivity index (χ4n) is 2.54. The molecule has 0 amide bonds. The average Bonchev–Trinajstić information content (AvgIpc) is 2.64. The van der Waals surface area contributed by atoms with Gasteiger partial charge in [0.25, 0.3) is 0 Å². The Morgan fingerprint density at radius 1 is 1.28 bits per heavy atom. The summed E-state index contributed by atoms with van der Waals surface area (Å²) < 4.78 is 15.8. The van der Waals surface area contributed by atoms with Gasteiger partial charge in [-0.05, 0) is 12.8 Å². The Labute approximate surface area is 105 Å². The summed E-state index contributed by atoms with van der Waals surface area (Å²) >= 11 is 0. The van der Waals surface area contributed by atoms with E-state index in [1.807, 2.05) is 12.1 Å². The zero-order chi connectivity index (χ0) is 13.2. The van der Waals surface area contributed by atoms with Gasteiger partial charge in [0.1, 0.15) is 0 Å². The minimum atomic E-state index is -1.61. The van der Waals surface area contributed by atoms with E-state index in [1.165, 1.54) is 7.11 Å². The second kappa shape index (κ2) is 4.56. The van der Waals surface area contributed by atoms with Gasteiger partial charge in [0.2, 0.25) is 11.2 Å². The highest BCUT2D eigenvalue weighted by Crippen LogP contribution is 2.57. The van der Waals surface area contributed by atoms with Gasteiger partial charge in [0.15, 0.2) is 0 Å². The van der Waals surface area contributed by atoms with Crippen molar-refractivity contribution in [1.82, 2.24) is 0 Å². The monoisotopic (exact) mass is 250 g/mol. The highest BCUT2D eigenvalue weighted by Gasteiger charge is 2.73. The number of hydrogen-bond donors (Lipinski definition) is 0. The fourth-order valence-corrected chi connectivity index (χ4v) is 2.54. The highest BCUT2D eigenvalue weighted by molar-refractivity contribution is 5.77. The predicted molar refractivity (Wildman–Crippen MR) is 57.7 cm³/mol. The van der Waals surface area contributed by atoms with E-state index in [0.717, 1.165) is 12.8 Å². The number of rotatable bonds is 1. The third-order valence-electron chi connectivity index (χ3n) is 3.64. The zero-order valence-corrected chi connectivity index (χ0v) is 10.1. The van der Waals surface area contributed by atoms with Crippen molar-refractivity contribution in [3.63, 3.8) is 0 Å². The Morgan fingerprint density at radius 3 is 2.28 bits per heavy atom. The van der Waals surface area contributed by atoms with Gasteiger partial charge in [-0.25, -0.2) is 0 Å². The third kappa shape index (κ3) is 1.50. The molecule has 0 bridgehead atoms. The number of nitrogens with zero attached hydrogens (tertiary/aromatic N) is 2. The Bertz CT molecular complexity index is 412. The van der Waals surface area contributed by atoms with Gasteiger partial charge in [-0.3, -0.25) is 4.79 Å². The van der Waals surface area contributed by atoms with Crippen LogP contribution in [0.15, 0.2) is 0 Å². The van der Waals surface area contributed by atoms with Crippen molar-refractivity contribution in [3.8, 4) is 12.1 Å². The number of esters is 1. The van der Waals surface area contributed by atoms with Crippen molar-refractivity contribution in [2.75, 3.05) is 20.3 Å². The molecule has 2 aliphatic rings. The third-order valence-corrected chi connectivity index (χ3v) is 3.64. The van der Waals surface area contributed by atoms with Crippen molar-refractivity contribution in [2.45, 2.75) is 25.0 Å². The van der Waals surface area contributed by atoms with Gasteiger partial charge in [-0.15, -0.1) is 0 Å². The van der Waals surface area contributed by atoms with Crippen LogP contribution in [0.5, 0.6) is 0 Å². The molecule has 2 rings (SSSR count). The Kier molecular flexibility index (Phi) is 3.25. The summed E-state index contributed by atoms with van der Waals surface area (Å²) in [5.41, 5.74) is -1.61. The summed E-state index contributed by atoms with van der Waals surface area (Å²) in [5, 5.41) is 18.6. The number of nitriles is 2. The largest absolute Gasteiger partial charge is 0.469 e. The van der Waals surface area contributed by atoms with Crippen LogP contribution in [-0.2, 0) is 19.0 Å². The first-order valence-corrected chi connectivity index (χ1v) is 5.84. The molecule has 0 aromatic rings. The van der Waals surface area contributed by atoms with Crippen molar-refractivity contribution >= 4 is 5.97 Å². The first-order chi connectivity index (χ1) is 8.65. The van der Waals surface area contributed by atoms with E-state index in [0.29, 0.717) is 13.2 Å².